The number of halogens is 1. The fourth-order valence-corrected chi connectivity index (χ4v) is 2.14. The van der Waals surface area contributed by atoms with E-state index >= 15 is 0 Å². The molecule has 0 atom stereocenters. The molecule has 0 radical (unpaired) electrons. The van der Waals surface area contributed by atoms with Gasteiger partial charge in [0.1, 0.15) is 24.0 Å². The van der Waals surface area contributed by atoms with Gasteiger partial charge in [0.05, 0.1) is 0 Å². The average molecular weight is 339 g/mol. The third-order valence-corrected chi connectivity index (χ3v) is 3.26. The van der Waals surface area contributed by atoms with Crippen LogP contribution >= 0.6 is 11.6 Å². The van der Waals surface area contributed by atoms with Gasteiger partial charge in [-0.2, -0.15) is 5.26 Å². The van der Waals surface area contributed by atoms with Crippen molar-refractivity contribution >= 4 is 29.3 Å². The van der Waals surface area contributed by atoms with Crippen molar-refractivity contribution in [3.63, 3.8) is 0 Å². The number of nitriles is 1. The van der Waals surface area contributed by atoms with Crippen molar-refractivity contribution in [3.05, 3.63) is 77.3 Å². The molecule has 4 nitrogen and oxygen atoms in total. The van der Waals surface area contributed by atoms with Crippen LogP contribution in [0, 0.1) is 11.3 Å². The number of nitrogens with zero attached hydrogens (tertiary/aromatic N) is 1. The lowest BCUT2D eigenvalue weighted by Crippen LogP contribution is -2.13. The molecule has 0 saturated heterocycles. The Labute approximate surface area is 145 Å². The fraction of sp³-hybridized carbons (Fsp3) is 0.0526. The van der Waals surface area contributed by atoms with E-state index in [1.165, 1.54) is 6.08 Å². The third kappa shape index (κ3) is 4.73. The van der Waals surface area contributed by atoms with Crippen LogP contribution in [0.15, 0.2) is 66.8 Å². The van der Waals surface area contributed by atoms with Gasteiger partial charge >= 0.3 is 0 Å². The second kappa shape index (κ2) is 8.56. The minimum absolute atomic E-state index is 0.0374. The predicted octanol–water partition coefficient (Wildman–Crippen LogP) is 4.45. The van der Waals surface area contributed by atoms with Crippen molar-refractivity contribution in [3.8, 4) is 11.8 Å². The lowest BCUT2D eigenvalue weighted by Gasteiger charge is -2.08. The Kier molecular flexibility index (Phi) is 6.18. The number of hydrogen-bond acceptors (Lipinski definition) is 3. The number of carbonyl (C=O) groups is 1. The van der Waals surface area contributed by atoms with Crippen molar-refractivity contribution in [2.24, 2.45) is 0 Å². The van der Waals surface area contributed by atoms with Crippen LogP contribution in [0.5, 0.6) is 5.75 Å². The molecule has 2 rings (SSSR count). The van der Waals surface area contributed by atoms with Gasteiger partial charge in [0, 0.05) is 16.3 Å². The Hall–Kier alpha value is -3.03. The van der Waals surface area contributed by atoms with Gasteiger partial charge < -0.3 is 10.1 Å². The number of ether oxygens (including phenoxy) is 1. The molecule has 120 valence electrons. The predicted molar refractivity (Wildman–Crippen MR) is 95.8 cm³/mol. The van der Waals surface area contributed by atoms with Gasteiger partial charge in [-0.1, -0.05) is 48.5 Å². The summed E-state index contributed by atoms with van der Waals surface area (Å²) in [5, 5.41) is 12.4. The first-order valence-corrected chi connectivity index (χ1v) is 7.53. The largest absolute Gasteiger partial charge is 0.489 e. The van der Waals surface area contributed by atoms with Crippen LogP contribution in [-0.4, -0.2) is 12.5 Å². The lowest BCUT2D eigenvalue weighted by molar-refractivity contribution is -0.112. The van der Waals surface area contributed by atoms with Crippen molar-refractivity contribution in [2.75, 3.05) is 11.9 Å². The zero-order valence-corrected chi connectivity index (χ0v) is 13.6. The van der Waals surface area contributed by atoms with Gasteiger partial charge in [0.2, 0.25) is 0 Å². The number of anilines is 1. The Balaban J connectivity index is 2.24. The number of amides is 1. The number of rotatable bonds is 6. The van der Waals surface area contributed by atoms with E-state index in [1.54, 1.807) is 48.5 Å². The molecule has 0 fully saturated rings. The van der Waals surface area contributed by atoms with Gasteiger partial charge in [0.15, 0.2) is 0 Å². The molecule has 0 spiro atoms. The van der Waals surface area contributed by atoms with Crippen LogP contribution in [0.25, 0.3) is 6.08 Å². The summed E-state index contributed by atoms with van der Waals surface area (Å²) in [6.45, 7) is 3.93. The molecule has 2 aromatic carbocycles. The van der Waals surface area contributed by atoms with E-state index < -0.39 is 5.91 Å². The first-order chi connectivity index (χ1) is 11.6. The Bertz CT molecular complexity index is 822. The first-order valence-electron chi connectivity index (χ1n) is 7.15. The Morgan fingerprint density at radius 3 is 2.79 bits per heavy atom. The quantitative estimate of drug-likeness (QED) is 0.481. The van der Waals surface area contributed by atoms with Crippen molar-refractivity contribution < 1.29 is 9.53 Å². The zero-order chi connectivity index (χ0) is 17.4. The lowest BCUT2D eigenvalue weighted by atomic mass is 10.1. The highest BCUT2D eigenvalue weighted by Gasteiger charge is 2.11. The number of carbonyl (C=O) groups excluding carboxylic acids is 1. The van der Waals surface area contributed by atoms with Crippen LogP contribution in [0.3, 0.4) is 0 Å². The number of nitrogens with one attached hydrogen (secondary N) is 1. The smallest absolute Gasteiger partial charge is 0.266 e. The maximum absolute atomic E-state index is 12.3. The average Bonchev–Trinajstić information content (AvgIpc) is 2.58. The van der Waals surface area contributed by atoms with Crippen molar-refractivity contribution in [1.82, 2.24) is 0 Å². The van der Waals surface area contributed by atoms with Crippen LogP contribution in [0.4, 0.5) is 5.69 Å². The molecule has 0 bridgehead atoms. The molecule has 24 heavy (non-hydrogen) atoms. The fourth-order valence-electron chi connectivity index (χ4n) is 1.95. The highest BCUT2D eigenvalue weighted by Crippen LogP contribution is 2.22. The van der Waals surface area contributed by atoms with Gasteiger partial charge in [-0.05, 0) is 30.3 Å². The summed E-state index contributed by atoms with van der Waals surface area (Å²) in [5.41, 5.74) is 1.12. The summed E-state index contributed by atoms with van der Waals surface area (Å²) in [6.07, 6.45) is 3.11. The van der Waals surface area contributed by atoms with Gasteiger partial charge in [-0.3, -0.25) is 4.79 Å². The van der Waals surface area contributed by atoms with E-state index in [-0.39, 0.29) is 5.57 Å². The van der Waals surface area contributed by atoms with Crippen molar-refractivity contribution in [1.29, 1.82) is 5.26 Å². The molecule has 0 unspecified atom stereocenters. The maximum Gasteiger partial charge on any atom is 0.266 e. The summed E-state index contributed by atoms with van der Waals surface area (Å²) in [6, 6.07) is 15.8. The minimum atomic E-state index is -0.515. The van der Waals surface area contributed by atoms with E-state index in [0.717, 1.165) is 0 Å². The van der Waals surface area contributed by atoms with E-state index in [4.69, 9.17) is 16.3 Å². The third-order valence-electron chi connectivity index (χ3n) is 3.02. The normalized spacial score (nSPS) is 10.6. The highest BCUT2D eigenvalue weighted by atomic mass is 35.5. The summed E-state index contributed by atoms with van der Waals surface area (Å²) in [5.74, 6) is 0.0546. The monoisotopic (exact) mass is 338 g/mol. The highest BCUT2D eigenvalue weighted by molar-refractivity contribution is 6.31. The number of benzene rings is 2. The van der Waals surface area contributed by atoms with Crippen LogP contribution in [0.1, 0.15) is 5.56 Å². The molecule has 0 saturated carbocycles. The summed E-state index contributed by atoms with van der Waals surface area (Å²) in [7, 11) is 0. The SMILES string of the molecule is C=CCOc1ccccc1/C=C(\C#N)C(=O)Nc1cccc(Cl)c1. The summed E-state index contributed by atoms with van der Waals surface area (Å²) < 4.78 is 5.52. The molecule has 5 heteroatoms. The van der Waals surface area contributed by atoms with Gasteiger partial charge in [0.25, 0.3) is 5.91 Å². The van der Waals surface area contributed by atoms with Crippen LogP contribution in [0.2, 0.25) is 5.02 Å². The van der Waals surface area contributed by atoms with E-state index in [1.807, 2.05) is 12.1 Å². The standard InChI is InChI=1S/C19H15ClN2O2/c1-2-10-24-18-9-4-3-6-14(18)11-15(13-21)19(23)22-17-8-5-7-16(20)12-17/h2-9,11-12H,1,10H2,(H,22,23)/b15-11+. The molecule has 0 aliphatic carbocycles. The molecule has 0 aromatic heterocycles. The van der Waals surface area contributed by atoms with Crippen molar-refractivity contribution in [2.45, 2.75) is 0 Å². The van der Waals surface area contributed by atoms with E-state index in [9.17, 15) is 10.1 Å². The molecule has 0 heterocycles. The second-order valence-corrected chi connectivity index (χ2v) is 5.21. The first kappa shape index (κ1) is 17.3. The molecule has 2 aromatic rings. The molecule has 1 amide bonds. The Morgan fingerprint density at radius 2 is 2.08 bits per heavy atom. The van der Waals surface area contributed by atoms with Gasteiger partial charge in [-0.25, -0.2) is 0 Å². The van der Waals surface area contributed by atoms with E-state index in [0.29, 0.717) is 28.6 Å². The molecule has 0 aliphatic rings. The summed E-state index contributed by atoms with van der Waals surface area (Å²) >= 11 is 5.89. The number of para-hydroxylation sites is 1. The molecule has 1 N–H and O–H groups in total. The molecular formula is C19H15ClN2O2. The molecule has 0 aliphatic heterocycles. The second-order valence-electron chi connectivity index (χ2n) is 4.77. The minimum Gasteiger partial charge on any atom is -0.489 e. The van der Waals surface area contributed by atoms with Gasteiger partial charge in [-0.15, -0.1) is 0 Å². The maximum atomic E-state index is 12.3. The van der Waals surface area contributed by atoms with Crippen LogP contribution < -0.4 is 10.1 Å². The topological polar surface area (TPSA) is 62.1 Å². The zero-order valence-electron chi connectivity index (χ0n) is 12.8. The van der Waals surface area contributed by atoms with E-state index in [2.05, 4.69) is 11.9 Å². The summed E-state index contributed by atoms with van der Waals surface area (Å²) in [4.78, 5) is 12.3. The molecular weight excluding hydrogens is 324 g/mol. The van der Waals surface area contributed by atoms with Crippen LogP contribution in [-0.2, 0) is 4.79 Å². The Morgan fingerprint density at radius 1 is 1.29 bits per heavy atom. The number of hydrogen-bond donors (Lipinski definition) is 1.